The van der Waals surface area contributed by atoms with Crippen molar-refractivity contribution in [1.29, 1.82) is 0 Å². The highest BCUT2D eigenvalue weighted by molar-refractivity contribution is 7.93. The molecule has 5 heteroatoms. The number of Topliss-reactive ketones (excluding diaryl/α,β-unsaturated/α-hetero) is 1. The smallest absolute Gasteiger partial charge is 0.188 e. The summed E-state index contributed by atoms with van der Waals surface area (Å²) in [6.45, 7) is 10.2. The zero-order valence-electron chi connectivity index (χ0n) is 13.6. The minimum atomic E-state index is -3.59. The van der Waals surface area contributed by atoms with Gasteiger partial charge in [-0.1, -0.05) is 51.7 Å². The van der Waals surface area contributed by atoms with Gasteiger partial charge in [-0.25, -0.2) is 8.42 Å². The number of carbonyl (C=O) groups excluding carboxylic acids is 1. The van der Waals surface area contributed by atoms with Gasteiger partial charge in [-0.2, -0.15) is 0 Å². The van der Waals surface area contributed by atoms with Crippen molar-refractivity contribution in [3.05, 3.63) is 30.3 Å². The molecule has 0 saturated carbocycles. The van der Waals surface area contributed by atoms with Gasteiger partial charge in [0.1, 0.15) is 5.25 Å². The molecule has 0 radical (unpaired) electrons. The van der Waals surface area contributed by atoms with Crippen LogP contribution in [-0.2, 0) is 14.6 Å². The lowest BCUT2D eigenvalue weighted by Crippen LogP contribution is -2.38. The summed E-state index contributed by atoms with van der Waals surface area (Å²) in [7, 11) is -5.27. The molecule has 0 aliphatic heterocycles. The van der Waals surface area contributed by atoms with Crippen LogP contribution < -0.4 is 0 Å². The first-order chi connectivity index (χ1) is 9.54. The standard InChI is InChI=1S/C16H26O3SSi/c1-13(2)11-15(17)16(12-21(3,4)5)20(18,19)14-9-7-6-8-10-14/h6-10,13,16H,11-12H2,1-5H3/t16-/m1/s1. The molecule has 1 rings (SSSR count). The Balaban J connectivity index is 3.20. The molecule has 0 aromatic heterocycles. The molecule has 0 fully saturated rings. The normalized spacial score (nSPS) is 14.2. The van der Waals surface area contributed by atoms with Crippen molar-refractivity contribution in [2.45, 2.75) is 56.1 Å². The summed E-state index contributed by atoms with van der Waals surface area (Å²) in [6.07, 6.45) is 0.321. The second kappa shape index (κ2) is 6.88. The van der Waals surface area contributed by atoms with Crippen LogP contribution in [0.4, 0.5) is 0 Å². The molecule has 1 aromatic carbocycles. The lowest BCUT2D eigenvalue weighted by molar-refractivity contribution is -0.119. The second-order valence-corrected chi connectivity index (χ2v) is 14.8. The van der Waals surface area contributed by atoms with Crippen LogP contribution in [-0.4, -0.2) is 27.5 Å². The Morgan fingerprint density at radius 3 is 2.05 bits per heavy atom. The molecule has 0 N–H and O–H groups in total. The molecule has 118 valence electrons. The molecule has 0 aliphatic carbocycles. The monoisotopic (exact) mass is 326 g/mol. The van der Waals surface area contributed by atoms with Gasteiger partial charge in [0.15, 0.2) is 15.6 Å². The van der Waals surface area contributed by atoms with Gasteiger partial charge in [0, 0.05) is 14.5 Å². The Morgan fingerprint density at radius 2 is 1.62 bits per heavy atom. The Bertz CT molecular complexity index is 571. The van der Waals surface area contributed by atoms with Gasteiger partial charge >= 0.3 is 0 Å². The maximum atomic E-state index is 12.8. The fourth-order valence-electron chi connectivity index (χ4n) is 2.26. The number of ketones is 1. The summed E-state index contributed by atoms with van der Waals surface area (Å²) in [4.78, 5) is 12.7. The zero-order chi connectivity index (χ0) is 16.3. The van der Waals surface area contributed by atoms with Crippen LogP contribution in [0.5, 0.6) is 0 Å². The third-order valence-electron chi connectivity index (χ3n) is 3.21. The van der Waals surface area contributed by atoms with Crippen molar-refractivity contribution in [3.63, 3.8) is 0 Å². The van der Waals surface area contributed by atoms with Gasteiger partial charge in [0.2, 0.25) is 0 Å². The van der Waals surface area contributed by atoms with E-state index in [-0.39, 0.29) is 16.6 Å². The highest BCUT2D eigenvalue weighted by Gasteiger charge is 2.37. The van der Waals surface area contributed by atoms with Crippen molar-refractivity contribution >= 4 is 23.7 Å². The number of hydrogen-bond donors (Lipinski definition) is 0. The molecule has 1 aromatic rings. The molecule has 0 aliphatic rings. The average Bonchev–Trinajstić information content (AvgIpc) is 2.35. The summed E-state index contributed by atoms with van der Waals surface area (Å²) in [5.74, 6) is 0.0314. The number of rotatable bonds is 7. The van der Waals surface area contributed by atoms with Crippen LogP contribution >= 0.6 is 0 Å². The average molecular weight is 327 g/mol. The van der Waals surface area contributed by atoms with Crippen LogP contribution in [0.1, 0.15) is 20.3 Å². The SMILES string of the molecule is CC(C)CC(=O)[C@@H](C[Si](C)(C)C)S(=O)(=O)c1ccccc1. The van der Waals surface area contributed by atoms with E-state index in [1.807, 2.05) is 13.8 Å². The van der Waals surface area contributed by atoms with Gasteiger partial charge in [0.25, 0.3) is 0 Å². The van der Waals surface area contributed by atoms with E-state index in [0.717, 1.165) is 0 Å². The maximum absolute atomic E-state index is 12.8. The summed E-state index contributed by atoms with van der Waals surface area (Å²) < 4.78 is 25.7. The molecule has 0 saturated heterocycles. The summed E-state index contributed by atoms with van der Waals surface area (Å²) in [5.41, 5.74) is 0. The van der Waals surface area contributed by atoms with Gasteiger partial charge in [0.05, 0.1) is 4.90 Å². The maximum Gasteiger partial charge on any atom is 0.188 e. The van der Waals surface area contributed by atoms with Crippen LogP contribution in [0, 0.1) is 5.92 Å². The lowest BCUT2D eigenvalue weighted by atomic mass is 10.1. The van der Waals surface area contributed by atoms with E-state index >= 15 is 0 Å². The number of carbonyl (C=O) groups is 1. The number of hydrogen-bond acceptors (Lipinski definition) is 3. The van der Waals surface area contributed by atoms with Gasteiger partial charge in [-0.15, -0.1) is 0 Å². The Morgan fingerprint density at radius 1 is 1.10 bits per heavy atom. The number of benzene rings is 1. The first-order valence-corrected chi connectivity index (χ1v) is 12.6. The van der Waals surface area contributed by atoms with Gasteiger partial charge < -0.3 is 0 Å². The molecule has 0 amide bonds. The molecule has 0 heterocycles. The van der Waals surface area contributed by atoms with Crippen LogP contribution in [0.2, 0.25) is 25.7 Å². The van der Waals surface area contributed by atoms with E-state index in [4.69, 9.17) is 0 Å². The van der Waals surface area contributed by atoms with E-state index in [1.165, 1.54) is 0 Å². The fraction of sp³-hybridized carbons (Fsp3) is 0.562. The lowest BCUT2D eigenvalue weighted by Gasteiger charge is -2.24. The Labute approximate surface area is 129 Å². The van der Waals surface area contributed by atoms with Crippen molar-refractivity contribution in [2.24, 2.45) is 5.92 Å². The zero-order valence-corrected chi connectivity index (χ0v) is 15.4. The minimum absolute atomic E-state index is 0.142. The molecule has 3 nitrogen and oxygen atoms in total. The van der Waals surface area contributed by atoms with Gasteiger partial charge in [-0.3, -0.25) is 4.79 Å². The molecule has 21 heavy (non-hydrogen) atoms. The van der Waals surface area contributed by atoms with E-state index in [2.05, 4.69) is 19.6 Å². The van der Waals surface area contributed by atoms with Crippen LogP contribution in [0.15, 0.2) is 35.2 Å². The predicted molar refractivity (Wildman–Crippen MR) is 90.0 cm³/mol. The first kappa shape index (κ1) is 18.1. The predicted octanol–water partition coefficient (Wildman–Crippen LogP) is 3.78. The van der Waals surface area contributed by atoms with Crippen molar-refractivity contribution in [1.82, 2.24) is 0 Å². The minimum Gasteiger partial charge on any atom is -0.298 e. The van der Waals surface area contributed by atoms with Crippen molar-refractivity contribution in [2.75, 3.05) is 0 Å². The van der Waals surface area contributed by atoms with Crippen molar-refractivity contribution < 1.29 is 13.2 Å². The topological polar surface area (TPSA) is 51.2 Å². The van der Waals surface area contributed by atoms with E-state index in [9.17, 15) is 13.2 Å². The summed E-state index contributed by atoms with van der Waals surface area (Å²) in [5, 5.41) is -0.894. The van der Waals surface area contributed by atoms with E-state index < -0.39 is 23.2 Å². The molecule has 0 bridgehead atoms. The van der Waals surface area contributed by atoms with Gasteiger partial charge in [-0.05, 0) is 24.1 Å². The fourth-order valence-corrected chi connectivity index (χ4v) is 7.29. The molecular weight excluding hydrogens is 300 g/mol. The molecule has 1 atom stereocenters. The molecule has 0 spiro atoms. The third kappa shape index (κ3) is 5.40. The van der Waals surface area contributed by atoms with Crippen LogP contribution in [0.3, 0.4) is 0 Å². The highest BCUT2D eigenvalue weighted by atomic mass is 32.2. The Hall–Kier alpha value is -0.943. The summed E-state index contributed by atoms with van der Waals surface area (Å²) in [6, 6.07) is 8.82. The number of sulfone groups is 1. The van der Waals surface area contributed by atoms with E-state index in [1.54, 1.807) is 30.3 Å². The largest absolute Gasteiger partial charge is 0.298 e. The quantitative estimate of drug-likeness (QED) is 0.716. The first-order valence-electron chi connectivity index (χ1n) is 7.35. The Kier molecular flexibility index (Phi) is 5.93. The van der Waals surface area contributed by atoms with E-state index in [0.29, 0.717) is 12.5 Å². The second-order valence-electron chi connectivity index (χ2n) is 7.18. The molecule has 0 unspecified atom stereocenters. The molecular formula is C16H26O3SSi. The van der Waals surface area contributed by atoms with Crippen LogP contribution in [0.25, 0.3) is 0 Å². The van der Waals surface area contributed by atoms with Crippen molar-refractivity contribution in [3.8, 4) is 0 Å². The highest BCUT2D eigenvalue weighted by Crippen LogP contribution is 2.26. The summed E-state index contributed by atoms with van der Waals surface area (Å²) >= 11 is 0. The third-order valence-corrected chi connectivity index (χ3v) is 7.25.